The molecule has 2 atom stereocenters. The molecular weight excluding hydrogens is 218 g/mol. The van der Waals surface area contributed by atoms with Crippen LogP contribution in [-0.4, -0.2) is 40.9 Å². The van der Waals surface area contributed by atoms with Crippen LogP contribution in [0, 0.1) is 5.92 Å². The molecule has 4 heteroatoms. The van der Waals surface area contributed by atoms with Crippen LogP contribution in [0.25, 0.3) is 0 Å². The molecule has 1 aliphatic rings. The average Bonchev–Trinajstić information content (AvgIpc) is 2.26. The molecule has 100 valence electrons. The van der Waals surface area contributed by atoms with Gasteiger partial charge in [-0.2, -0.15) is 0 Å². The van der Waals surface area contributed by atoms with E-state index < -0.39 is 5.60 Å². The molecule has 1 fully saturated rings. The fourth-order valence-electron chi connectivity index (χ4n) is 2.15. The molecule has 17 heavy (non-hydrogen) atoms. The van der Waals surface area contributed by atoms with E-state index in [0.29, 0.717) is 6.54 Å². The van der Waals surface area contributed by atoms with Crippen molar-refractivity contribution in [3.8, 4) is 0 Å². The fraction of sp³-hybridized carbons (Fsp3) is 0.923. The van der Waals surface area contributed by atoms with Crippen LogP contribution in [0.1, 0.15) is 47.0 Å². The molecular formula is C13H25NO3. The molecule has 0 radical (unpaired) electrons. The third-order valence-corrected chi connectivity index (χ3v) is 3.07. The van der Waals surface area contributed by atoms with Gasteiger partial charge in [-0.3, -0.25) is 0 Å². The number of hydrogen-bond acceptors (Lipinski definition) is 3. The van der Waals surface area contributed by atoms with Gasteiger partial charge in [0.2, 0.25) is 0 Å². The van der Waals surface area contributed by atoms with Crippen molar-refractivity contribution in [2.75, 3.05) is 13.1 Å². The normalized spacial score (nSPS) is 23.4. The van der Waals surface area contributed by atoms with E-state index in [1.54, 1.807) is 4.90 Å². The summed E-state index contributed by atoms with van der Waals surface area (Å²) in [5.74, 6) is 0.196. The highest BCUT2D eigenvalue weighted by Gasteiger charge is 2.30. The van der Waals surface area contributed by atoms with Gasteiger partial charge in [-0.25, -0.2) is 4.79 Å². The Balaban J connectivity index is 2.52. The van der Waals surface area contributed by atoms with Gasteiger partial charge in [0.25, 0.3) is 0 Å². The van der Waals surface area contributed by atoms with Gasteiger partial charge in [-0.1, -0.05) is 6.92 Å². The molecule has 1 N–H and O–H groups in total. The second kappa shape index (κ2) is 5.71. The Morgan fingerprint density at radius 3 is 2.71 bits per heavy atom. The minimum Gasteiger partial charge on any atom is -0.444 e. The molecule has 4 nitrogen and oxygen atoms in total. The number of likely N-dealkylation sites (tertiary alicyclic amines) is 1. The second-order valence-corrected chi connectivity index (χ2v) is 5.80. The lowest BCUT2D eigenvalue weighted by Crippen LogP contribution is -2.45. The first-order valence-electron chi connectivity index (χ1n) is 6.49. The highest BCUT2D eigenvalue weighted by Crippen LogP contribution is 2.23. The molecule has 1 rings (SSSR count). The lowest BCUT2D eigenvalue weighted by atomic mass is 9.91. The zero-order valence-corrected chi connectivity index (χ0v) is 11.4. The van der Waals surface area contributed by atoms with Crippen LogP contribution in [0.15, 0.2) is 0 Å². The Hall–Kier alpha value is -0.770. The van der Waals surface area contributed by atoms with Gasteiger partial charge in [0, 0.05) is 19.0 Å². The Morgan fingerprint density at radius 1 is 1.53 bits per heavy atom. The first kappa shape index (κ1) is 14.3. The van der Waals surface area contributed by atoms with Gasteiger partial charge in [0.05, 0.1) is 6.10 Å². The Morgan fingerprint density at radius 2 is 2.18 bits per heavy atom. The molecule has 0 aromatic heterocycles. The van der Waals surface area contributed by atoms with Crippen molar-refractivity contribution >= 4 is 6.09 Å². The largest absolute Gasteiger partial charge is 0.444 e. The summed E-state index contributed by atoms with van der Waals surface area (Å²) < 4.78 is 5.34. The highest BCUT2D eigenvalue weighted by molar-refractivity contribution is 5.68. The summed E-state index contributed by atoms with van der Waals surface area (Å²) in [5.41, 5.74) is -0.451. The maximum Gasteiger partial charge on any atom is 0.410 e. The van der Waals surface area contributed by atoms with E-state index in [-0.39, 0.29) is 18.1 Å². The van der Waals surface area contributed by atoms with Crippen LogP contribution < -0.4 is 0 Å². The van der Waals surface area contributed by atoms with Crippen molar-refractivity contribution in [3.63, 3.8) is 0 Å². The maximum absolute atomic E-state index is 11.9. The van der Waals surface area contributed by atoms with Crippen molar-refractivity contribution in [1.29, 1.82) is 0 Å². The van der Waals surface area contributed by atoms with Crippen molar-refractivity contribution in [2.24, 2.45) is 5.92 Å². The van der Waals surface area contributed by atoms with E-state index >= 15 is 0 Å². The van der Waals surface area contributed by atoms with Gasteiger partial charge in [0.15, 0.2) is 0 Å². The van der Waals surface area contributed by atoms with Crippen LogP contribution in [0.3, 0.4) is 0 Å². The van der Waals surface area contributed by atoms with Crippen molar-refractivity contribution in [1.82, 2.24) is 4.90 Å². The van der Waals surface area contributed by atoms with E-state index in [4.69, 9.17) is 4.74 Å². The molecule has 0 saturated carbocycles. The van der Waals surface area contributed by atoms with Crippen LogP contribution >= 0.6 is 0 Å². The van der Waals surface area contributed by atoms with Crippen LogP contribution in [-0.2, 0) is 4.74 Å². The zero-order chi connectivity index (χ0) is 13.1. The highest BCUT2D eigenvalue weighted by atomic mass is 16.6. The standard InChI is InChI=1S/C13H25NO3/c1-5-11(15)10-7-6-8-14(9-10)12(16)17-13(2,3)4/h10-11,15H,5-9H2,1-4H3. The minimum atomic E-state index is -0.451. The summed E-state index contributed by atoms with van der Waals surface area (Å²) in [7, 11) is 0. The van der Waals surface area contributed by atoms with Gasteiger partial charge in [-0.15, -0.1) is 0 Å². The van der Waals surface area contributed by atoms with Crippen LogP contribution in [0.4, 0.5) is 4.79 Å². The topological polar surface area (TPSA) is 49.8 Å². The molecule has 0 aromatic rings. The predicted molar refractivity (Wildman–Crippen MR) is 66.8 cm³/mol. The number of hydrogen-bond donors (Lipinski definition) is 1. The number of nitrogens with zero attached hydrogens (tertiary/aromatic N) is 1. The molecule has 0 aliphatic carbocycles. The van der Waals surface area contributed by atoms with E-state index in [1.807, 2.05) is 27.7 Å². The molecule has 1 aliphatic heterocycles. The fourth-order valence-corrected chi connectivity index (χ4v) is 2.15. The molecule has 1 saturated heterocycles. The summed E-state index contributed by atoms with van der Waals surface area (Å²) in [6.07, 6.45) is 2.12. The number of amides is 1. The molecule has 1 amide bonds. The summed E-state index contributed by atoms with van der Waals surface area (Å²) >= 11 is 0. The molecule has 1 heterocycles. The molecule has 0 aromatic carbocycles. The number of rotatable bonds is 2. The third kappa shape index (κ3) is 4.54. The van der Waals surface area contributed by atoms with Crippen LogP contribution in [0.5, 0.6) is 0 Å². The summed E-state index contributed by atoms with van der Waals surface area (Å²) in [5, 5.41) is 9.84. The number of aliphatic hydroxyl groups excluding tert-OH is 1. The summed E-state index contributed by atoms with van der Waals surface area (Å²) in [6, 6.07) is 0. The summed E-state index contributed by atoms with van der Waals surface area (Å²) in [6.45, 7) is 8.93. The average molecular weight is 243 g/mol. The SMILES string of the molecule is CCC(O)C1CCCN(C(=O)OC(C)(C)C)C1. The minimum absolute atomic E-state index is 0.196. The van der Waals surface area contributed by atoms with Crippen LogP contribution in [0.2, 0.25) is 0 Å². The van der Waals surface area contributed by atoms with Gasteiger partial charge >= 0.3 is 6.09 Å². The number of ether oxygens (including phenoxy) is 1. The van der Waals surface area contributed by atoms with Crippen molar-refractivity contribution < 1.29 is 14.6 Å². The number of carbonyl (C=O) groups is 1. The Labute approximate surface area is 104 Å². The molecule has 2 unspecified atom stereocenters. The Bertz CT molecular complexity index is 260. The monoisotopic (exact) mass is 243 g/mol. The lowest BCUT2D eigenvalue weighted by Gasteiger charge is -2.35. The zero-order valence-electron chi connectivity index (χ0n) is 11.4. The predicted octanol–water partition coefficient (Wildman–Crippen LogP) is 2.40. The molecule has 0 bridgehead atoms. The molecule has 0 spiro atoms. The number of aliphatic hydroxyl groups is 1. The lowest BCUT2D eigenvalue weighted by molar-refractivity contribution is 0.00234. The van der Waals surface area contributed by atoms with E-state index in [9.17, 15) is 9.90 Å². The maximum atomic E-state index is 11.9. The van der Waals surface area contributed by atoms with Gasteiger partial charge < -0.3 is 14.7 Å². The second-order valence-electron chi connectivity index (χ2n) is 5.80. The first-order chi connectivity index (χ1) is 7.83. The van der Waals surface area contributed by atoms with Crippen molar-refractivity contribution in [3.05, 3.63) is 0 Å². The van der Waals surface area contributed by atoms with E-state index in [1.165, 1.54) is 0 Å². The van der Waals surface area contributed by atoms with Gasteiger partial charge in [0.1, 0.15) is 5.60 Å². The van der Waals surface area contributed by atoms with Gasteiger partial charge in [-0.05, 0) is 40.0 Å². The Kier molecular flexibility index (Phi) is 4.80. The number of carbonyl (C=O) groups excluding carboxylic acids is 1. The number of piperidine rings is 1. The summed E-state index contributed by atoms with van der Waals surface area (Å²) in [4.78, 5) is 13.6. The first-order valence-corrected chi connectivity index (χ1v) is 6.49. The van der Waals surface area contributed by atoms with E-state index in [2.05, 4.69) is 0 Å². The van der Waals surface area contributed by atoms with E-state index in [0.717, 1.165) is 25.8 Å². The van der Waals surface area contributed by atoms with Crippen molar-refractivity contribution in [2.45, 2.75) is 58.7 Å². The third-order valence-electron chi connectivity index (χ3n) is 3.07. The smallest absolute Gasteiger partial charge is 0.410 e. The quantitative estimate of drug-likeness (QED) is 0.810.